The number of nitrogens with one attached hydrogen (secondary N) is 1. The number of halogens is 1. The van der Waals surface area contributed by atoms with E-state index < -0.39 is 10.0 Å². The molecule has 0 spiro atoms. The molecule has 1 aliphatic heterocycles. The van der Waals surface area contributed by atoms with E-state index in [0.29, 0.717) is 16.7 Å². The Morgan fingerprint density at radius 2 is 1.78 bits per heavy atom. The molecular formula is C25H28ClN7O2S. The summed E-state index contributed by atoms with van der Waals surface area (Å²) in [6, 6.07) is 17.0. The van der Waals surface area contributed by atoms with E-state index in [-0.39, 0.29) is 0 Å². The fraction of sp³-hybridized carbons (Fsp3) is 0.280. The summed E-state index contributed by atoms with van der Waals surface area (Å²) < 4.78 is 27.4. The van der Waals surface area contributed by atoms with Gasteiger partial charge in [-0.25, -0.2) is 17.9 Å². The van der Waals surface area contributed by atoms with Gasteiger partial charge in [0.2, 0.25) is 16.0 Å². The zero-order valence-electron chi connectivity index (χ0n) is 20.4. The van der Waals surface area contributed by atoms with Gasteiger partial charge >= 0.3 is 0 Å². The van der Waals surface area contributed by atoms with Crippen LogP contribution in [0, 0.1) is 0 Å². The quantitative estimate of drug-likeness (QED) is 0.408. The molecule has 3 heterocycles. The van der Waals surface area contributed by atoms with Crippen LogP contribution in [0.3, 0.4) is 0 Å². The molecule has 1 N–H and O–H groups in total. The molecule has 0 unspecified atom stereocenters. The van der Waals surface area contributed by atoms with Crippen LogP contribution in [0.1, 0.15) is 0 Å². The van der Waals surface area contributed by atoms with E-state index in [1.54, 1.807) is 23.8 Å². The summed E-state index contributed by atoms with van der Waals surface area (Å²) in [4.78, 5) is 9.05. The van der Waals surface area contributed by atoms with Crippen LogP contribution in [0.4, 0.5) is 23.0 Å². The summed E-state index contributed by atoms with van der Waals surface area (Å²) in [5.41, 5.74) is 4.66. The highest BCUT2D eigenvalue weighted by molar-refractivity contribution is 7.92. The monoisotopic (exact) mass is 525 g/mol. The molecule has 0 atom stereocenters. The third-order valence-electron chi connectivity index (χ3n) is 6.46. The number of anilines is 4. The predicted octanol–water partition coefficient (Wildman–Crippen LogP) is 3.94. The van der Waals surface area contributed by atoms with E-state index >= 15 is 0 Å². The van der Waals surface area contributed by atoms with E-state index in [2.05, 4.69) is 32.2 Å². The highest BCUT2D eigenvalue weighted by atomic mass is 35.5. The van der Waals surface area contributed by atoms with Gasteiger partial charge in [0, 0.05) is 44.5 Å². The van der Waals surface area contributed by atoms with Crippen molar-refractivity contribution in [2.75, 3.05) is 61.1 Å². The lowest BCUT2D eigenvalue weighted by molar-refractivity contribution is 0.313. The lowest BCUT2D eigenvalue weighted by atomic mass is 10.1. The van der Waals surface area contributed by atoms with Gasteiger partial charge in [-0.15, -0.1) is 5.10 Å². The summed E-state index contributed by atoms with van der Waals surface area (Å²) in [6.07, 6.45) is 2.91. The van der Waals surface area contributed by atoms with E-state index in [0.717, 1.165) is 54.3 Å². The Kier molecular flexibility index (Phi) is 6.50. The van der Waals surface area contributed by atoms with Gasteiger partial charge in [0.15, 0.2) is 0 Å². The molecule has 2 aromatic carbocycles. The molecule has 0 aliphatic carbocycles. The summed E-state index contributed by atoms with van der Waals surface area (Å²) in [6.45, 7) is 3.89. The van der Waals surface area contributed by atoms with Crippen molar-refractivity contribution in [2.45, 2.75) is 0 Å². The van der Waals surface area contributed by atoms with Crippen molar-refractivity contribution in [1.82, 2.24) is 19.5 Å². The molecule has 1 aliphatic rings. The smallest absolute Gasteiger partial charge is 0.245 e. The maximum atomic E-state index is 12.2. The number of likely N-dealkylation sites (N-methyl/N-ethyl adjacent to an activating group) is 1. The van der Waals surface area contributed by atoms with E-state index in [1.165, 1.54) is 10.6 Å². The first-order valence-corrected chi connectivity index (χ1v) is 13.8. The van der Waals surface area contributed by atoms with Crippen LogP contribution in [0.2, 0.25) is 5.02 Å². The van der Waals surface area contributed by atoms with E-state index in [9.17, 15) is 8.42 Å². The molecule has 36 heavy (non-hydrogen) atoms. The van der Waals surface area contributed by atoms with Gasteiger partial charge in [-0.2, -0.15) is 0 Å². The number of hydrogen-bond acceptors (Lipinski definition) is 7. The fourth-order valence-corrected chi connectivity index (χ4v) is 5.14. The molecule has 0 bridgehead atoms. The molecule has 2 aromatic heterocycles. The Bertz CT molecular complexity index is 1510. The third kappa shape index (κ3) is 4.84. The van der Waals surface area contributed by atoms with Crippen molar-refractivity contribution < 1.29 is 8.42 Å². The second-order valence-electron chi connectivity index (χ2n) is 8.97. The van der Waals surface area contributed by atoms with E-state index in [4.69, 9.17) is 11.6 Å². The minimum atomic E-state index is -3.43. The third-order valence-corrected chi connectivity index (χ3v) is 7.96. The largest absolute Gasteiger partial charge is 0.368 e. The highest BCUT2D eigenvalue weighted by Gasteiger charge is 2.19. The van der Waals surface area contributed by atoms with Gasteiger partial charge in [0.05, 0.1) is 40.1 Å². The van der Waals surface area contributed by atoms with Crippen LogP contribution < -0.4 is 14.5 Å². The highest BCUT2D eigenvalue weighted by Crippen LogP contribution is 2.33. The lowest BCUT2D eigenvalue weighted by Gasteiger charge is -2.34. The van der Waals surface area contributed by atoms with Crippen LogP contribution in [0.25, 0.3) is 16.8 Å². The van der Waals surface area contributed by atoms with Crippen LogP contribution in [0.15, 0.2) is 60.8 Å². The van der Waals surface area contributed by atoms with Gasteiger partial charge in [-0.05, 0) is 43.4 Å². The number of piperazine rings is 1. The first-order chi connectivity index (χ1) is 17.2. The molecular weight excluding hydrogens is 498 g/mol. The van der Waals surface area contributed by atoms with Crippen molar-refractivity contribution in [1.29, 1.82) is 0 Å². The van der Waals surface area contributed by atoms with Crippen LogP contribution in [-0.4, -0.2) is 74.4 Å². The maximum absolute atomic E-state index is 12.2. The number of para-hydroxylation sites is 1. The molecule has 5 rings (SSSR count). The predicted molar refractivity (Wildman–Crippen MR) is 146 cm³/mol. The number of aromatic nitrogens is 3. The zero-order chi connectivity index (χ0) is 25.4. The van der Waals surface area contributed by atoms with Crippen molar-refractivity contribution in [3.05, 3.63) is 65.8 Å². The summed E-state index contributed by atoms with van der Waals surface area (Å²) >= 11 is 6.64. The second kappa shape index (κ2) is 9.61. The number of hydrogen-bond donors (Lipinski definition) is 1. The molecule has 0 amide bonds. The Morgan fingerprint density at radius 1 is 1.03 bits per heavy atom. The second-order valence-corrected chi connectivity index (χ2v) is 11.4. The Hall–Kier alpha value is -3.34. The molecule has 0 radical (unpaired) electrons. The average Bonchev–Trinajstić information content (AvgIpc) is 3.27. The number of nitrogens with zero attached hydrogens (tertiary/aromatic N) is 6. The van der Waals surface area contributed by atoms with Crippen LogP contribution >= 0.6 is 11.6 Å². The molecule has 11 heteroatoms. The first-order valence-electron chi connectivity index (χ1n) is 11.6. The van der Waals surface area contributed by atoms with Gasteiger partial charge < -0.3 is 15.1 Å². The molecule has 4 aromatic rings. The zero-order valence-corrected chi connectivity index (χ0v) is 22.0. The molecule has 9 nitrogen and oxygen atoms in total. The number of benzene rings is 2. The first kappa shape index (κ1) is 24.4. The Balaban J connectivity index is 1.45. The molecule has 1 fully saturated rings. The minimum Gasteiger partial charge on any atom is -0.368 e. The number of fused-ring (bicyclic) bond motifs is 1. The molecule has 188 valence electrons. The topological polar surface area (TPSA) is 86.1 Å². The summed E-state index contributed by atoms with van der Waals surface area (Å²) in [5, 5.41) is 8.60. The van der Waals surface area contributed by atoms with Gasteiger partial charge in [-0.1, -0.05) is 29.8 Å². The number of rotatable bonds is 6. The standard InChI is InChI=1S/C25H28ClN7O2S/c1-30-12-14-32(15-13-30)24-10-8-18(16-21(24)26)28-25-27-17-19-9-11-23(33(19)29-25)20-6-4-5-7-22(20)31(2)36(3,34)35/h4-11,16-17H,12-15H2,1-3H3,(H,28,29). The lowest BCUT2D eigenvalue weighted by Crippen LogP contribution is -2.44. The summed E-state index contributed by atoms with van der Waals surface area (Å²) in [7, 11) is 0.240. The molecule has 1 saturated heterocycles. The van der Waals surface area contributed by atoms with Crippen molar-refractivity contribution >= 4 is 50.2 Å². The Morgan fingerprint density at radius 3 is 2.50 bits per heavy atom. The van der Waals surface area contributed by atoms with E-state index in [1.807, 2.05) is 48.5 Å². The summed E-state index contributed by atoms with van der Waals surface area (Å²) in [5.74, 6) is 0.400. The fourth-order valence-electron chi connectivity index (χ4n) is 4.32. The van der Waals surface area contributed by atoms with Crippen molar-refractivity contribution in [3.8, 4) is 11.3 Å². The number of sulfonamides is 1. The van der Waals surface area contributed by atoms with Gasteiger partial charge in [0.25, 0.3) is 0 Å². The SMILES string of the molecule is CN1CCN(c2ccc(Nc3ncc4ccc(-c5ccccc5N(C)S(C)(=O)=O)n4n3)cc2Cl)CC1. The van der Waals surface area contributed by atoms with Crippen LogP contribution in [-0.2, 0) is 10.0 Å². The minimum absolute atomic E-state index is 0.400. The van der Waals surface area contributed by atoms with Crippen molar-refractivity contribution in [3.63, 3.8) is 0 Å². The maximum Gasteiger partial charge on any atom is 0.245 e. The van der Waals surface area contributed by atoms with Crippen LogP contribution in [0.5, 0.6) is 0 Å². The van der Waals surface area contributed by atoms with Crippen molar-refractivity contribution in [2.24, 2.45) is 0 Å². The van der Waals surface area contributed by atoms with Gasteiger partial charge in [-0.3, -0.25) is 4.31 Å². The van der Waals surface area contributed by atoms with Gasteiger partial charge in [0.1, 0.15) is 0 Å². The molecule has 0 saturated carbocycles. The normalized spacial score (nSPS) is 14.8. The average molecular weight is 526 g/mol. The Labute approximate surface area is 216 Å².